The molecule has 2 atom stereocenters. The van der Waals surface area contributed by atoms with Gasteiger partial charge in [-0.15, -0.1) is 0 Å². The summed E-state index contributed by atoms with van der Waals surface area (Å²) in [7, 11) is 0. The summed E-state index contributed by atoms with van der Waals surface area (Å²) >= 11 is 0. The van der Waals surface area contributed by atoms with Crippen LogP contribution in [0.1, 0.15) is 6.42 Å². The van der Waals surface area contributed by atoms with Crippen LogP contribution >= 0.6 is 0 Å². The first-order valence-electron chi connectivity index (χ1n) is 3.07. The minimum atomic E-state index is -0.909. The Morgan fingerprint density at radius 2 is 2.50 bits per heavy atom. The minimum absolute atomic E-state index is 0.377. The quantitative estimate of drug-likeness (QED) is 0.421. The molecule has 5 heteroatoms. The number of hydrogen-bond acceptors (Lipinski definition) is 4. The van der Waals surface area contributed by atoms with Crippen LogP contribution < -0.4 is 11.2 Å². The van der Waals surface area contributed by atoms with Crippen molar-refractivity contribution in [1.82, 2.24) is 5.32 Å². The van der Waals surface area contributed by atoms with Crippen molar-refractivity contribution in [2.75, 3.05) is 6.54 Å². The SMILES string of the molecule is NO[C@@H]1CCN[C@@H]1C(=O)O. The molecule has 0 aromatic heterocycles. The number of rotatable bonds is 2. The highest BCUT2D eigenvalue weighted by molar-refractivity contribution is 5.74. The van der Waals surface area contributed by atoms with Gasteiger partial charge in [-0.3, -0.25) is 9.63 Å². The molecule has 1 aliphatic heterocycles. The van der Waals surface area contributed by atoms with Gasteiger partial charge in [-0.1, -0.05) is 0 Å². The van der Waals surface area contributed by atoms with Gasteiger partial charge < -0.3 is 10.4 Å². The van der Waals surface area contributed by atoms with E-state index in [9.17, 15) is 4.79 Å². The average Bonchev–Trinajstić information content (AvgIpc) is 2.33. The lowest BCUT2D eigenvalue weighted by atomic mass is 10.2. The first-order valence-corrected chi connectivity index (χ1v) is 3.07. The zero-order chi connectivity index (χ0) is 7.56. The van der Waals surface area contributed by atoms with E-state index in [1.165, 1.54) is 0 Å². The van der Waals surface area contributed by atoms with Crippen molar-refractivity contribution in [1.29, 1.82) is 0 Å². The van der Waals surface area contributed by atoms with E-state index in [4.69, 9.17) is 11.0 Å². The smallest absolute Gasteiger partial charge is 0.323 e. The van der Waals surface area contributed by atoms with Gasteiger partial charge >= 0.3 is 5.97 Å². The van der Waals surface area contributed by atoms with E-state index in [0.29, 0.717) is 13.0 Å². The fraction of sp³-hybridized carbons (Fsp3) is 0.800. The first-order chi connectivity index (χ1) is 4.75. The van der Waals surface area contributed by atoms with Crippen molar-refractivity contribution in [3.05, 3.63) is 0 Å². The number of carboxylic acids is 1. The first kappa shape index (κ1) is 7.46. The Kier molecular flexibility index (Phi) is 2.21. The Morgan fingerprint density at radius 1 is 1.80 bits per heavy atom. The molecule has 1 aliphatic rings. The molecule has 1 heterocycles. The van der Waals surface area contributed by atoms with E-state index in [1.807, 2.05) is 0 Å². The number of nitrogens with one attached hydrogen (secondary N) is 1. The molecule has 58 valence electrons. The van der Waals surface area contributed by atoms with Gasteiger partial charge in [-0.25, -0.2) is 5.90 Å². The second kappa shape index (κ2) is 2.96. The van der Waals surface area contributed by atoms with Crippen LogP contribution in [0.2, 0.25) is 0 Å². The Bertz CT molecular complexity index is 139. The number of nitrogens with two attached hydrogens (primary N) is 1. The summed E-state index contributed by atoms with van der Waals surface area (Å²) in [6.45, 7) is 0.652. The molecule has 1 rings (SSSR count). The maximum absolute atomic E-state index is 10.4. The third-order valence-electron chi connectivity index (χ3n) is 1.61. The zero-order valence-electron chi connectivity index (χ0n) is 5.41. The number of carbonyl (C=O) groups is 1. The molecule has 10 heavy (non-hydrogen) atoms. The van der Waals surface area contributed by atoms with Gasteiger partial charge in [0, 0.05) is 0 Å². The molecule has 0 bridgehead atoms. The normalized spacial score (nSPS) is 32.5. The van der Waals surface area contributed by atoms with Gasteiger partial charge in [0.25, 0.3) is 0 Å². The van der Waals surface area contributed by atoms with E-state index in [2.05, 4.69) is 10.2 Å². The van der Waals surface area contributed by atoms with Crippen molar-refractivity contribution in [2.24, 2.45) is 5.90 Å². The number of hydrogen-bond donors (Lipinski definition) is 3. The van der Waals surface area contributed by atoms with Crippen LogP contribution in [0.4, 0.5) is 0 Å². The summed E-state index contributed by atoms with van der Waals surface area (Å²) < 4.78 is 0. The van der Waals surface area contributed by atoms with Crippen LogP contribution in [0.5, 0.6) is 0 Å². The molecule has 1 fully saturated rings. The van der Waals surface area contributed by atoms with E-state index in [0.717, 1.165) is 0 Å². The van der Waals surface area contributed by atoms with E-state index in [-0.39, 0.29) is 6.10 Å². The number of aliphatic carboxylic acids is 1. The number of carboxylic acid groups (broad SMARTS) is 1. The van der Waals surface area contributed by atoms with Gasteiger partial charge in [0.05, 0.1) is 0 Å². The fourth-order valence-corrected chi connectivity index (χ4v) is 1.07. The topological polar surface area (TPSA) is 84.6 Å². The molecule has 0 radical (unpaired) electrons. The van der Waals surface area contributed by atoms with Crippen molar-refractivity contribution in [3.8, 4) is 0 Å². The highest BCUT2D eigenvalue weighted by atomic mass is 16.6. The van der Waals surface area contributed by atoms with Crippen LogP contribution in [0.25, 0.3) is 0 Å². The highest BCUT2D eigenvalue weighted by Crippen LogP contribution is 2.08. The molecular weight excluding hydrogens is 136 g/mol. The maximum atomic E-state index is 10.4. The lowest BCUT2D eigenvalue weighted by molar-refractivity contribution is -0.142. The Labute approximate surface area is 58.1 Å². The Hall–Kier alpha value is -0.650. The largest absolute Gasteiger partial charge is 0.480 e. The van der Waals surface area contributed by atoms with Crippen LogP contribution in [-0.2, 0) is 9.63 Å². The van der Waals surface area contributed by atoms with Gasteiger partial charge in [0.2, 0.25) is 0 Å². The molecule has 1 saturated heterocycles. The molecule has 0 aromatic carbocycles. The lowest BCUT2D eigenvalue weighted by Gasteiger charge is -2.11. The van der Waals surface area contributed by atoms with E-state index >= 15 is 0 Å². The third-order valence-corrected chi connectivity index (χ3v) is 1.61. The molecule has 4 N–H and O–H groups in total. The second-order valence-electron chi connectivity index (χ2n) is 2.23. The summed E-state index contributed by atoms with van der Waals surface area (Å²) in [4.78, 5) is 14.8. The molecule has 0 spiro atoms. The van der Waals surface area contributed by atoms with Crippen molar-refractivity contribution >= 4 is 5.97 Å². The minimum Gasteiger partial charge on any atom is -0.480 e. The van der Waals surface area contributed by atoms with Crippen LogP contribution in [0.15, 0.2) is 0 Å². The molecule has 0 amide bonds. The van der Waals surface area contributed by atoms with Gasteiger partial charge in [0.1, 0.15) is 12.1 Å². The molecule has 0 aromatic rings. The average molecular weight is 146 g/mol. The highest BCUT2D eigenvalue weighted by Gasteiger charge is 2.32. The van der Waals surface area contributed by atoms with Gasteiger partial charge in [-0.05, 0) is 13.0 Å². The van der Waals surface area contributed by atoms with E-state index < -0.39 is 12.0 Å². The van der Waals surface area contributed by atoms with Crippen LogP contribution in [0, 0.1) is 0 Å². The van der Waals surface area contributed by atoms with Crippen molar-refractivity contribution in [3.63, 3.8) is 0 Å². The predicted octanol–water partition coefficient (Wildman–Crippen LogP) is -1.31. The molecule has 0 saturated carbocycles. The fourth-order valence-electron chi connectivity index (χ4n) is 1.07. The molecular formula is C5H10N2O3. The van der Waals surface area contributed by atoms with Crippen LogP contribution in [0.3, 0.4) is 0 Å². The van der Waals surface area contributed by atoms with Crippen molar-refractivity contribution < 1.29 is 14.7 Å². The zero-order valence-corrected chi connectivity index (χ0v) is 5.41. The Morgan fingerprint density at radius 3 is 2.90 bits per heavy atom. The van der Waals surface area contributed by atoms with Gasteiger partial charge in [-0.2, -0.15) is 0 Å². The molecule has 0 unspecified atom stereocenters. The summed E-state index contributed by atoms with van der Waals surface area (Å²) in [5.41, 5.74) is 0. The van der Waals surface area contributed by atoms with Gasteiger partial charge in [0.15, 0.2) is 0 Å². The standard InChI is InChI=1S/C5H10N2O3/c6-10-3-1-2-7-4(3)5(8)9/h3-4,7H,1-2,6H2,(H,8,9)/t3-,4+/m1/s1. The molecule has 5 nitrogen and oxygen atoms in total. The Balaban J connectivity index is 2.50. The summed E-state index contributed by atoms with van der Waals surface area (Å²) in [6, 6.07) is -0.634. The second-order valence-corrected chi connectivity index (χ2v) is 2.23. The van der Waals surface area contributed by atoms with Crippen molar-refractivity contribution in [2.45, 2.75) is 18.6 Å². The molecule has 0 aliphatic carbocycles. The third kappa shape index (κ3) is 1.26. The van der Waals surface area contributed by atoms with Crippen LogP contribution in [-0.4, -0.2) is 29.8 Å². The monoisotopic (exact) mass is 146 g/mol. The lowest BCUT2D eigenvalue weighted by Crippen LogP contribution is -2.40. The predicted molar refractivity (Wildman–Crippen MR) is 33.1 cm³/mol. The summed E-state index contributed by atoms with van der Waals surface area (Å²) in [6.07, 6.45) is 0.283. The summed E-state index contributed by atoms with van der Waals surface area (Å²) in [5, 5.41) is 11.3. The maximum Gasteiger partial charge on any atom is 0.323 e. The summed E-state index contributed by atoms with van der Waals surface area (Å²) in [5.74, 6) is 3.95. The van der Waals surface area contributed by atoms with E-state index in [1.54, 1.807) is 0 Å².